The lowest BCUT2D eigenvalue weighted by Gasteiger charge is -2.19. The molecule has 0 bridgehead atoms. The first-order valence-corrected chi connectivity index (χ1v) is 8.78. The molecule has 0 fully saturated rings. The lowest BCUT2D eigenvalue weighted by atomic mass is 9.99. The predicted octanol–water partition coefficient (Wildman–Crippen LogP) is 3.05. The molecule has 5 nitrogen and oxygen atoms in total. The molecular weight excluding hydrogens is 369 g/mol. The Kier molecular flexibility index (Phi) is 5.48. The lowest BCUT2D eigenvalue weighted by molar-refractivity contribution is -0.116. The summed E-state index contributed by atoms with van der Waals surface area (Å²) in [6.07, 6.45) is 1.33. The van der Waals surface area contributed by atoms with Crippen molar-refractivity contribution in [2.45, 2.75) is 26.3 Å². The average molecular weight is 390 g/mol. The van der Waals surface area contributed by atoms with Gasteiger partial charge in [0.05, 0.1) is 5.69 Å². The number of fused-ring (bicyclic) bond motifs is 2. The summed E-state index contributed by atoms with van der Waals surface area (Å²) in [5.74, 6) is -0.699. The zero-order valence-electron chi connectivity index (χ0n) is 15.0. The number of rotatable bonds is 2. The molecule has 0 unspecified atom stereocenters. The second kappa shape index (κ2) is 7.66. The van der Waals surface area contributed by atoms with Crippen molar-refractivity contribution >= 4 is 35.6 Å². The van der Waals surface area contributed by atoms with Gasteiger partial charge in [-0.15, -0.1) is 12.4 Å². The number of nitrogens with zero attached hydrogens (tertiary/aromatic N) is 1. The Morgan fingerprint density at radius 2 is 1.96 bits per heavy atom. The summed E-state index contributed by atoms with van der Waals surface area (Å²) in [7, 11) is 0. The van der Waals surface area contributed by atoms with Crippen molar-refractivity contribution in [2.75, 3.05) is 23.3 Å². The Bertz CT molecular complexity index is 916. The van der Waals surface area contributed by atoms with E-state index in [4.69, 9.17) is 0 Å². The van der Waals surface area contributed by atoms with Crippen LogP contribution in [-0.2, 0) is 24.2 Å². The highest BCUT2D eigenvalue weighted by Crippen LogP contribution is 2.30. The summed E-state index contributed by atoms with van der Waals surface area (Å²) in [6.45, 7) is 3.55. The molecule has 2 heterocycles. The van der Waals surface area contributed by atoms with Crippen molar-refractivity contribution in [1.82, 2.24) is 5.32 Å². The Morgan fingerprint density at radius 1 is 1.15 bits per heavy atom. The number of benzene rings is 2. The smallest absolute Gasteiger partial charge is 0.255 e. The van der Waals surface area contributed by atoms with E-state index < -0.39 is 0 Å². The molecule has 142 valence electrons. The number of hydrogen-bond donors (Lipinski definition) is 2. The maximum Gasteiger partial charge on any atom is 0.255 e. The van der Waals surface area contributed by atoms with Crippen LogP contribution in [0.3, 0.4) is 0 Å². The maximum atomic E-state index is 14.7. The predicted molar refractivity (Wildman–Crippen MR) is 105 cm³/mol. The van der Waals surface area contributed by atoms with Crippen LogP contribution in [0.5, 0.6) is 0 Å². The molecule has 27 heavy (non-hydrogen) atoms. The highest BCUT2D eigenvalue weighted by atomic mass is 35.5. The van der Waals surface area contributed by atoms with Gasteiger partial charge in [-0.1, -0.05) is 6.07 Å². The van der Waals surface area contributed by atoms with E-state index in [1.807, 2.05) is 6.07 Å². The van der Waals surface area contributed by atoms with E-state index in [1.54, 1.807) is 29.2 Å². The Balaban J connectivity index is 0.00000210. The second-order valence-electron chi connectivity index (χ2n) is 6.71. The molecule has 4 rings (SSSR count). The first-order valence-electron chi connectivity index (χ1n) is 8.78. The number of carbonyl (C=O) groups is 2. The molecule has 2 aromatic rings. The Hall–Kier alpha value is -2.44. The monoisotopic (exact) mass is 389 g/mol. The topological polar surface area (TPSA) is 61.4 Å². The van der Waals surface area contributed by atoms with E-state index >= 15 is 0 Å². The zero-order chi connectivity index (χ0) is 18.3. The summed E-state index contributed by atoms with van der Waals surface area (Å²) in [5, 5.41) is 5.89. The molecule has 2 N–H and O–H groups in total. The van der Waals surface area contributed by atoms with Gasteiger partial charge in [-0.3, -0.25) is 9.59 Å². The van der Waals surface area contributed by atoms with Gasteiger partial charge in [0.1, 0.15) is 5.82 Å². The third-order valence-electron chi connectivity index (χ3n) is 5.07. The van der Waals surface area contributed by atoms with Gasteiger partial charge < -0.3 is 15.5 Å². The van der Waals surface area contributed by atoms with Gasteiger partial charge >= 0.3 is 0 Å². The van der Waals surface area contributed by atoms with Crippen LogP contribution in [0.2, 0.25) is 0 Å². The summed E-state index contributed by atoms with van der Waals surface area (Å²) in [5.41, 5.74) is 4.10. The van der Waals surface area contributed by atoms with Gasteiger partial charge in [-0.25, -0.2) is 4.39 Å². The van der Waals surface area contributed by atoms with E-state index in [9.17, 15) is 14.0 Å². The van der Waals surface area contributed by atoms with E-state index in [-0.39, 0.29) is 35.7 Å². The van der Waals surface area contributed by atoms with Crippen LogP contribution in [0.1, 0.15) is 34.0 Å². The summed E-state index contributed by atoms with van der Waals surface area (Å²) < 4.78 is 14.7. The van der Waals surface area contributed by atoms with E-state index in [2.05, 4.69) is 10.6 Å². The van der Waals surface area contributed by atoms with Crippen LogP contribution < -0.4 is 15.5 Å². The van der Waals surface area contributed by atoms with Crippen LogP contribution in [0.4, 0.5) is 15.8 Å². The van der Waals surface area contributed by atoms with Crippen molar-refractivity contribution in [3.8, 4) is 0 Å². The highest BCUT2D eigenvalue weighted by Gasteiger charge is 2.24. The first-order chi connectivity index (χ1) is 12.5. The fourth-order valence-corrected chi connectivity index (χ4v) is 3.69. The van der Waals surface area contributed by atoms with Crippen molar-refractivity contribution in [1.29, 1.82) is 0 Å². The van der Waals surface area contributed by atoms with Gasteiger partial charge in [0, 0.05) is 31.3 Å². The van der Waals surface area contributed by atoms with Gasteiger partial charge in [0.2, 0.25) is 5.91 Å². The maximum absolute atomic E-state index is 14.7. The van der Waals surface area contributed by atoms with Crippen molar-refractivity contribution in [2.24, 2.45) is 0 Å². The van der Waals surface area contributed by atoms with E-state index in [0.717, 1.165) is 29.8 Å². The van der Waals surface area contributed by atoms with Crippen molar-refractivity contribution in [3.63, 3.8) is 0 Å². The quantitative estimate of drug-likeness (QED) is 0.829. The SMILES string of the molecule is CC(=O)N1CCc2cc(C(=O)Nc3ccc4c(c3F)CCNC4)ccc21.Cl. The molecule has 0 saturated heterocycles. The molecule has 0 radical (unpaired) electrons. The average Bonchev–Trinajstić information content (AvgIpc) is 3.07. The Labute approximate surface area is 163 Å². The summed E-state index contributed by atoms with van der Waals surface area (Å²) in [4.78, 5) is 25.9. The molecule has 0 aliphatic carbocycles. The molecule has 0 atom stereocenters. The molecule has 0 spiro atoms. The number of anilines is 2. The van der Waals surface area contributed by atoms with Gasteiger partial charge in [0.25, 0.3) is 5.91 Å². The molecule has 2 amide bonds. The third-order valence-corrected chi connectivity index (χ3v) is 5.07. The van der Waals surface area contributed by atoms with Gasteiger partial charge in [-0.2, -0.15) is 0 Å². The van der Waals surface area contributed by atoms with E-state index in [1.165, 1.54) is 6.92 Å². The van der Waals surface area contributed by atoms with Crippen molar-refractivity contribution in [3.05, 3.63) is 58.4 Å². The van der Waals surface area contributed by atoms with Crippen LogP contribution in [0.25, 0.3) is 0 Å². The highest BCUT2D eigenvalue weighted by molar-refractivity contribution is 6.05. The first kappa shape index (κ1) is 19.3. The number of nitrogens with one attached hydrogen (secondary N) is 2. The van der Waals surface area contributed by atoms with Crippen LogP contribution in [0.15, 0.2) is 30.3 Å². The van der Waals surface area contributed by atoms with E-state index in [0.29, 0.717) is 30.6 Å². The van der Waals surface area contributed by atoms with Crippen LogP contribution in [0, 0.1) is 5.82 Å². The largest absolute Gasteiger partial charge is 0.319 e. The van der Waals surface area contributed by atoms with Gasteiger partial charge in [0.15, 0.2) is 0 Å². The molecule has 0 saturated carbocycles. The fourth-order valence-electron chi connectivity index (χ4n) is 3.69. The minimum absolute atomic E-state index is 0. The Morgan fingerprint density at radius 3 is 2.74 bits per heavy atom. The molecular formula is C20H21ClFN3O2. The van der Waals surface area contributed by atoms with Gasteiger partial charge in [-0.05, 0) is 60.3 Å². The lowest BCUT2D eigenvalue weighted by Crippen LogP contribution is -2.25. The molecule has 2 aliphatic rings. The molecule has 0 aromatic heterocycles. The second-order valence-corrected chi connectivity index (χ2v) is 6.71. The number of halogens is 2. The number of carbonyl (C=O) groups excluding carboxylic acids is 2. The summed E-state index contributed by atoms with van der Waals surface area (Å²) >= 11 is 0. The summed E-state index contributed by atoms with van der Waals surface area (Å²) in [6, 6.07) is 8.72. The fraction of sp³-hybridized carbons (Fsp3) is 0.300. The molecule has 2 aromatic carbocycles. The molecule has 7 heteroatoms. The number of amides is 2. The minimum Gasteiger partial charge on any atom is -0.319 e. The minimum atomic E-state index is -0.346. The van der Waals surface area contributed by atoms with Crippen LogP contribution >= 0.6 is 12.4 Å². The zero-order valence-corrected chi connectivity index (χ0v) is 15.8. The number of hydrogen-bond acceptors (Lipinski definition) is 3. The normalized spacial score (nSPS) is 14.8. The van der Waals surface area contributed by atoms with Crippen molar-refractivity contribution < 1.29 is 14.0 Å². The van der Waals surface area contributed by atoms with Crippen LogP contribution in [-0.4, -0.2) is 24.9 Å². The molecule has 2 aliphatic heterocycles. The third kappa shape index (κ3) is 3.55. The standard InChI is InChI=1S/C20H20FN3O2.ClH/c1-12(25)24-9-7-13-10-14(3-5-18(13)24)20(26)23-17-4-2-15-11-22-8-6-16(15)19(17)21;/h2-5,10,22H,6-9,11H2,1H3,(H,23,26);1H.